The summed E-state index contributed by atoms with van der Waals surface area (Å²) >= 11 is 0. The summed E-state index contributed by atoms with van der Waals surface area (Å²) in [6.45, 7) is 13.3. The SMILES string of the molecule is CCOC(=O)[C@H](C)OP(=O)(COc1ccc(C[C@H](NC(=O)O[C@H]2CO[C@H]3OCC[C@H]32)[C@H](O)CN(CC(C)C)C(=O)OC(C)(C)C)cc1)Oc1ccccc1. The lowest BCUT2D eigenvalue weighted by molar-refractivity contribution is -0.150. The summed E-state index contributed by atoms with van der Waals surface area (Å²) in [7, 11) is -4.05. The molecule has 2 N–H and O–H groups in total. The van der Waals surface area contributed by atoms with Gasteiger partial charge in [-0.05, 0) is 83.2 Å². The number of para-hydroxylation sites is 1. The fourth-order valence-electron chi connectivity index (χ4n) is 5.89. The highest BCUT2D eigenvalue weighted by Crippen LogP contribution is 2.49. The van der Waals surface area contributed by atoms with Crippen LogP contribution in [0.15, 0.2) is 54.6 Å². The first-order valence-electron chi connectivity index (χ1n) is 18.3. The maximum atomic E-state index is 13.8. The number of carbonyl (C=O) groups excluding carboxylic acids is 3. The van der Waals surface area contributed by atoms with Crippen LogP contribution < -0.4 is 14.6 Å². The van der Waals surface area contributed by atoms with Gasteiger partial charge in [0.15, 0.2) is 12.4 Å². The molecule has 0 bridgehead atoms. The van der Waals surface area contributed by atoms with Crippen molar-refractivity contribution in [1.29, 1.82) is 0 Å². The highest BCUT2D eigenvalue weighted by Gasteiger charge is 2.44. The van der Waals surface area contributed by atoms with Gasteiger partial charge in [0.2, 0.25) is 6.35 Å². The summed E-state index contributed by atoms with van der Waals surface area (Å²) < 4.78 is 58.4. The van der Waals surface area contributed by atoms with Crippen molar-refractivity contribution in [2.45, 2.75) is 97.6 Å². The molecule has 4 rings (SSSR count). The predicted octanol–water partition coefficient (Wildman–Crippen LogP) is 5.92. The number of hydrogen-bond donors (Lipinski definition) is 2. The maximum Gasteiger partial charge on any atom is 0.417 e. The first kappa shape index (κ1) is 42.9. The molecule has 2 aromatic rings. The topological polar surface area (TPSA) is 178 Å². The second kappa shape index (κ2) is 19.6. The van der Waals surface area contributed by atoms with E-state index in [-0.39, 0.29) is 43.8 Å². The zero-order valence-corrected chi connectivity index (χ0v) is 33.0. The molecule has 0 spiro atoms. The molecular formula is C38H55N2O13P. The molecule has 300 valence electrons. The number of nitrogens with zero attached hydrogens (tertiary/aromatic N) is 1. The molecule has 2 fully saturated rings. The quantitative estimate of drug-likeness (QED) is 0.104. The lowest BCUT2D eigenvalue weighted by Gasteiger charge is -2.32. The van der Waals surface area contributed by atoms with Crippen LogP contribution in [0.25, 0.3) is 0 Å². The van der Waals surface area contributed by atoms with Gasteiger partial charge >= 0.3 is 25.8 Å². The molecule has 2 heterocycles. The summed E-state index contributed by atoms with van der Waals surface area (Å²) in [4.78, 5) is 40.1. The number of amides is 2. The molecule has 2 amide bonds. The van der Waals surface area contributed by atoms with Crippen LogP contribution in [0, 0.1) is 11.8 Å². The molecule has 0 aromatic heterocycles. The number of fused-ring (bicyclic) bond motifs is 1. The molecule has 2 saturated heterocycles. The smallest absolute Gasteiger partial charge is 0.417 e. The third kappa shape index (κ3) is 13.5. The van der Waals surface area contributed by atoms with Crippen LogP contribution in [-0.4, -0.2) is 104 Å². The standard InChI is InChI=1S/C38H55N2O13P/c1-8-46-34(42)26(4)52-54(45,53-29-12-10-9-11-13-29)24-49-28-16-14-27(15-17-28)20-31(39-36(43)50-33-23-48-35-30(33)18-19-47-35)32(41)22-40(21-25(2)3)37(44)51-38(5,6)7/h9-17,25-26,30-33,35,41H,8,18-24H2,1-7H3,(H,39,43)/t26-,30-,31-,32+,33-,35+,54?/m0/s1. The van der Waals surface area contributed by atoms with Crippen LogP contribution >= 0.6 is 7.60 Å². The average molecular weight is 779 g/mol. The zero-order chi connectivity index (χ0) is 39.5. The van der Waals surface area contributed by atoms with E-state index in [9.17, 15) is 24.1 Å². The Hall–Kier alpha value is -3.88. The molecule has 15 nitrogen and oxygen atoms in total. The van der Waals surface area contributed by atoms with Crippen molar-refractivity contribution < 1.29 is 61.5 Å². The minimum atomic E-state index is -4.05. The second-order valence-corrected chi connectivity index (χ2v) is 16.6. The van der Waals surface area contributed by atoms with Crippen molar-refractivity contribution >= 4 is 25.8 Å². The Kier molecular flexibility index (Phi) is 15.6. The van der Waals surface area contributed by atoms with E-state index in [1.54, 1.807) is 82.3 Å². The highest BCUT2D eigenvalue weighted by atomic mass is 31.2. The number of aliphatic hydroxyl groups is 1. The van der Waals surface area contributed by atoms with Crippen molar-refractivity contribution in [1.82, 2.24) is 10.2 Å². The zero-order valence-electron chi connectivity index (χ0n) is 32.1. The van der Waals surface area contributed by atoms with Crippen LogP contribution in [0.3, 0.4) is 0 Å². The third-order valence-corrected chi connectivity index (χ3v) is 9.92. The van der Waals surface area contributed by atoms with Gasteiger partial charge in [-0.15, -0.1) is 0 Å². The van der Waals surface area contributed by atoms with E-state index >= 15 is 0 Å². The van der Waals surface area contributed by atoms with E-state index in [0.29, 0.717) is 30.9 Å². The number of aliphatic hydroxyl groups excluding tert-OH is 1. The molecule has 2 aliphatic heterocycles. The first-order valence-corrected chi connectivity index (χ1v) is 20.0. The number of rotatable bonds is 18. The summed E-state index contributed by atoms with van der Waals surface area (Å²) in [6, 6.07) is 14.2. The van der Waals surface area contributed by atoms with Gasteiger partial charge in [0, 0.05) is 6.54 Å². The summed E-state index contributed by atoms with van der Waals surface area (Å²) in [5.41, 5.74) is -0.0517. The summed E-state index contributed by atoms with van der Waals surface area (Å²) in [5.74, 6) is -0.117. The van der Waals surface area contributed by atoms with Crippen molar-refractivity contribution in [2.24, 2.45) is 11.8 Å². The Balaban J connectivity index is 1.48. The van der Waals surface area contributed by atoms with Gasteiger partial charge in [-0.2, -0.15) is 0 Å². The highest BCUT2D eigenvalue weighted by molar-refractivity contribution is 7.54. The van der Waals surface area contributed by atoms with Gasteiger partial charge in [-0.3, -0.25) is 4.52 Å². The predicted molar refractivity (Wildman–Crippen MR) is 197 cm³/mol. The molecule has 7 atom stereocenters. The van der Waals surface area contributed by atoms with E-state index in [1.165, 1.54) is 11.8 Å². The van der Waals surface area contributed by atoms with E-state index < -0.39 is 68.3 Å². The number of hydrogen-bond acceptors (Lipinski definition) is 13. The van der Waals surface area contributed by atoms with E-state index in [0.717, 1.165) is 0 Å². The van der Waals surface area contributed by atoms with Crippen molar-refractivity contribution in [2.75, 3.05) is 39.3 Å². The Labute approximate surface area is 317 Å². The number of ether oxygens (including phenoxy) is 6. The van der Waals surface area contributed by atoms with Crippen molar-refractivity contribution in [3.63, 3.8) is 0 Å². The monoisotopic (exact) mass is 778 g/mol. The summed E-state index contributed by atoms with van der Waals surface area (Å²) in [6.07, 6.45) is -4.31. The summed E-state index contributed by atoms with van der Waals surface area (Å²) in [5, 5.41) is 14.4. The first-order chi connectivity index (χ1) is 25.5. The normalized spacial score (nSPS) is 20.9. The lowest BCUT2D eigenvalue weighted by Crippen LogP contribution is -2.52. The second-order valence-electron chi connectivity index (χ2n) is 14.7. The van der Waals surface area contributed by atoms with Gasteiger partial charge in [-0.1, -0.05) is 44.2 Å². The van der Waals surface area contributed by atoms with E-state index in [1.807, 2.05) is 13.8 Å². The fourth-order valence-corrected chi connectivity index (χ4v) is 7.37. The maximum absolute atomic E-state index is 13.8. The number of alkyl carbamates (subject to hydrolysis) is 1. The molecule has 0 radical (unpaired) electrons. The average Bonchev–Trinajstić information content (AvgIpc) is 3.72. The minimum Gasteiger partial charge on any atom is -0.480 e. The van der Waals surface area contributed by atoms with Crippen LogP contribution in [0.1, 0.15) is 60.5 Å². The third-order valence-electron chi connectivity index (χ3n) is 8.35. The van der Waals surface area contributed by atoms with Crippen LogP contribution in [0.4, 0.5) is 9.59 Å². The van der Waals surface area contributed by atoms with Gasteiger partial charge in [0.25, 0.3) is 0 Å². The molecule has 2 aromatic carbocycles. The van der Waals surface area contributed by atoms with E-state index in [2.05, 4.69) is 5.32 Å². The van der Waals surface area contributed by atoms with Crippen LogP contribution in [0.5, 0.6) is 11.5 Å². The Morgan fingerprint density at radius 3 is 2.35 bits per heavy atom. The number of benzene rings is 2. The number of carbonyl (C=O) groups is 3. The molecule has 54 heavy (non-hydrogen) atoms. The number of nitrogens with one attached hydrogen (secondary N) is 1. The van der Waals surface area contributed by atoms with Crippen molar-refractivity contribution in [3.8, 4) is 11.5 Å². The molecule has 16 heteroatoms. The fraction of sp³-hybridized carbons (Fsp3) is 0.605. The molecule has 1 unspecified atom stereocenters. The Morgan fingerprint density at radius 1 is 1.00 bits per heavy atom. The lowest BCUT2D eigenvalue weighted by atomic mass is 10.0. The molecule has 0 saturated carbocycles. The molecule has 0 aliphatic carbocycles. The van der Waals surface area contributed by atoms with Gasteiger partial charge < -0.3 is 48.3 Å². The number of esters is 1. The largest absolute Gasteiger partial charge is 0.480 e. The van der Waals surface area contributed by atoms with Crippen LogP contribution in [0.2, 0.25) is 0 Å². The molecular weight excluding hydrogens is 723 g/mol. The van der Waals surface area contributed by atoms with Gasteiger partial charge in [0.1, 0.15) is 23.2 Å². The minimum absolute atomic E-state index is 0.0738. The Morgan fingerprint density at radius 2 is 1.70 bits per heavy atom. The molecule has 2 aliphatic rings. The van der Waals surface area contributed by atoms with Gasteiger partial charge in [-0.25, -0.2) is 18.9 Å². The van der Waals surface area contributed by atoms with Crippen molar-refractivity contribution in [3.05, 3.63) is 60.2 Å². The van der Waals surface area contributed by atoms with Crippen LogP contribution in [-0.2, 0) is 44.0 Å². The Bertz CT molecular complexity index is 1550. The van der Waals surface area contributed by atoms with Gasteiger partial charge in [0.05, 0.1) is 44.4 Å². The van der Waals surface area contributed by atoms with E-state index in [4.69, 9.17) is 37.5 Å².